The second kappa shape index (κ2) is 8.25. The van der Waals surface area contributed by atoms with Crippen LogP contribution in [-0.2, 0) is 11.2 Å². The van der Waals surface area contributed by atoms with Gasteiger partial charge in [-0.05, 0) is 72.6 Å². The van der Waals surface area contributed by atoms with E-state index in [4.69, 9.17) is 4.74 Å². The minimum Gasteiger partial charge on any atom is -0.377 e. The van der Waals surface area contributed by atoms with Crippen LogP contribution in [0.2, 0.25) is 0 Å². The molecule has 0 saturated heterocycles. The maximum Gasteiger partial charge on any atom is 0.137 e. The van der Waals surface area contributed by atoms with Gasteiger partial charge in [-0.25, -0.2) is 4.39 Å². The van der Waals surface area contributed by atoms with E-state index >= 15 is 0 Å². The van der Waals surface area contributed by atoms with Crippen molar-refractivity contribution in [3.8, 4) is 0 Å². The lowest BCUT2D eigenvalue weighted by Gasteiger charge is -2.28. The van der Waals surface area contributed by atoms with Crippen LogP contribution in [0.25, 0.3) is 0 Å². The third-order valence-corrected chi connectivity index (χ3v) is 4.86. The number of rotatable bonds is 9. The summed E-state index contributed by atoms with van der Waals surface area (Å²) in [5, 5.41) is 3.60. The Kier molecular flexibility index (Phi) is 6.65. The first-order valence-electron chi connectivity index (χ1n) is 7.95. The Morgan fingerprint density at radius 3 is 2.76 bits per heavy atom. The number of nitrogens with one attached hydrogen (secondary N) is 1. The maximum absolute atomic E-state index is 13.7. The van der Waals surface area contributed by atoms with E-state index in [9.17, 15) is 4.39 Å². The van der Waals surface area contributed by atoms with Crippen LogP contribution in [0.15, 0.2) is 22.7 Å². The van der Waals surface area contributed by atoms with Crippen LogP contribution in [0.1, 0.15) is 38.7 Å². The fraction of sp³-hybridized carbons (Fsp3) is 0.647. The Labute approximate surface area is 135 Å². The van der Waals surface area contributed by atoms with Gasteiger partial charge in [-0.2, -0.15) is 0 Å². The summed E-state index contributed by atoms with van der Waals surface area (Å²) in [4.78, 5) is 0. The van der Waals surface area contributed by atoms with Gasteiger partial charge in [0.1, 0.15) is 5.82 Å². The molecule has 2 unspecified atom stereocenters. The number of benzene rings is 1. The molecule has 1 aliphatic rings. The summed E-state index contributed by atoms with van der Waals surface area (Å²) in [6.45, 7) is 5.91. The molecule has 2 nitrogen and oxygen atoms in total. The van der Waals surface area contributed by atoms with Gasteiger partial charge in [-0.15, -0.1) is 0 Å². The average Bonchev–Trinajstić information content (AvgIpc) is 3.30. The zero-order chi connectivity index (χ0) is 15.2. The molecule has 4 heteroatoms. The van der Waals surface area contributed by atoms with E-state index in [1.807, 2.05) is 13.0 Å². The molecule has 118 valence electrons. The van der Waals surface area contributed by atoms with Gasteiger partial charge in [0, 0.05) is 12.6 Å². The predicted octanol–water partition coefficient (Wildman–Crippen LogP) is 4.31. The first-order valence-corrected chi connectivity index (χ1v) is 8.74. The monoisotopic (exact) mass is 357 g/mol. The van der Waals surface area contributed by atoms with E-state index in [2.05, 4.69) is 28.2 Å². The summed E-state index contributed by atoms with van der Waals surface area (Å²) < 4.78 is 20.3. The highest BCUT2D eigenvalue weighted by Crippen LogP contribution is 2.37. The SMILES string of the molecule is CCCNC(Cc1cccc(F)c1Br)C(OCC)C1CC1. The third kappa shape index (κ3) is 4.76. The van der Waals surface area contributed by atoms with Crippen molar-refractivity contribution in [1.82, 2.24) is 5.32 Å². The van der Waals surface area contributed by atoms with Crippen LogP contribution in [-0.4, -0.2) is 25.3 Å². The quantitative estimate of drug-likeness (QED) is 0.710. The molecule has 0 heterocycles. The van der Waals surface area contributed by atoms with Gasteiger partial charge in [0.25, 0.3) is 0 Å². The summed E-state index contributed by atoms with van der Waals surface area (Å²) in [5.74, 6) is 0.466. The molecular weight excluding hydrogens is 333 g/mol. The van der Waals surface area contributed by atoms with Crippen molar-refractivity contribution in [2.24, 2.45) is 5.92 Å². The molecule has 0 aromatic heterocycles. The molecule has 1 aliphatic carbocycles. The number of ether oxygens (including phenoxy) is 1. The fourth-order valence-corrected chi connectivity index (χ4v) is 3.20. The largest absolute Gasteiger partial charge is 0.377 e. The lowest BCUT2D eigenvalue weighted by atomic mass is 9.97. The molecule has 0 aliphatic heterocycles. The Balaban J connectivity index is 2.12. The van der Waals surface area contributed by atoms with Crippen LogP contribution >= 0.6 is 15.9 Å². The van der Waals surface area contributed by atoms with Crippen molar-refractivity contribution in [2.45, 2.75) is 51.7 Å². The van der Waals surface area contributed by atoms with Crippen molar-refractivity contribution < 1.29 is 9.13 Å². The van der Waals surface area contributed by atoms with Crippen molar-refractivity contribution >= 4 is 15.9 Å². The van der Waals surface area contributed by atoms with Crippen LogP contribution < -0.4 is 5.32 Å². The van der Waals surface area contributed by atoms with Gasteiger partial charge in [-0.3, -0.25) is 0 Å². The smallest absolute Gasteiger partial charge is 0.137 e. The standard InChI is InChI=1S/C17H25BrFNO/c1-3-10-20-15(17(21-4-2)12-8-9-12)11-13-6-5-7-14(19)16(13)18/h5-7,12,15,17,20H,3-4,8-11H2,1-2H3. The van der Waals surface area contributed by atoms with Gasteiger partial charge in [0.05, 0.1) is 10.6 Å². The van der Waals surface area contributed by atoms with E-state index < -0.39 is 0 Å². The maximum atomic E-state index is 13.7. The van der Waals surface area contributed by atoms with Crippen molar-refractivity contribution in [1.29, 1.82) is 0 Å². The number of hydrogen-bond acceptors (Lipinski definition) is 2. The van der Waals surface area contributed by atoms with Crippen molar-refractivity contribution in [2.75, 3.05) is 13.2 Å². The normalized spacial score (nSPS) is 17.7. The molecule has 0 bridgehead atoms. The molecule has 2 rings (SSSR count). The summed E-state index contributed by atoms with van der Waals surface area (Å²) in [6, 6.07) is 5.50. The molecular formula is C17H25BrFNO. The van der Waals surface area contributed by atoms with Crippen molar-refractivity contribution in [3.63, 3.8) is 0 Å². The topological polar surface area (TPSA) is 21.3 Å². The molecule has 0 amide bonds. The van der Waals surface area contributed by atoms with E-state index in [0.29, 0.717) is 10.4 Å². The minimum atomic E-state index is -0.193. The molecule has 2 atom stereocenters. The summed E-state index contributed by atoms with van der Waals surface area (Å²) in [7, 11) is 0. The molecule has 21 heavy (non-hydrogen) atoms. The fourth-order valence-electron chi connectivity index (χ4n) is 2.78. The highest BCUT2D eigenvalue weighted by molar-refractivity contribution is 9.10. The Hall–Kier alpha value is -0.450. The van der Waals surface area contributed by atoms with E-state index in [1.165, 1.54) is 18.9 Å². The highest BCUT2D eigenvalue weighted by atomic mass is 79.9. The van der Waals surface area contributed by atoms with Gasteiger partial charge in [0.15, 0.2) is 0 Å². The zero-order valence-electron chi connectivity index (χ0n) is 12.9. The lowest BCUT2D eigenvalue weighted by molar-refractivity contribution is 0.0192. The molecule has 1 aromatic rings. The lowest BCUT2D eigenvalue weighted by Crippen LogP contribution is -2.44. The first kappa shape index (κ1) is 16.9. The number of hydrogen-bond donors (Lipinski definition) is 1. The number of halogens is 2. The molecule has 1 fully saturated rings. The molecule has 1 saturated carbocycles. The summed E-state index contributed by atoms with van der Waals surface area (Å²) in [5.41, 5.74) is 1.01. The predicted molar refractivity (Wildman–Crippen MR) is 88.0 cm³/mol. The van der Waals surface area contributed by atoms with Crippen LogP contribution in [0.5, 0.6) is 0 Å². The van der Waals surface area contributed by atoms with Gasteiger partial charge in [0.2, 0.25) is 0 Å². The first-order chi connectivity index (χ1) is 10.2. The zero-order valence-corrected chi connectivity index (χ0v) is 14.5. The molecule has 1 N–H and O–H groups in total. The summed E-state index contributed by atoms with van der Waals surface area (Å²) in [6.07, 6.45) is 4.61. The van der Waals surface area contributed by atoms with E-state index in [-0.39, 0.29) is 18.0 Å². The average molecular weight is 358 g/mol. The third-order valence-electron chi connectivity index (χ3n) is 3.97. The second-order valence-electron chi connectivity index (χ2n) is 5.74. The molecule has 0 spiro atoms. The van der Waals surface area contributed by atoms with Gasteiger partial charge in [-0.1, -0.05) is 19.1 Å². The van der Waals surface area contributed by atoms with Crippen LogP contribution in [0.4, 0.5) is 4.39 Å². The Morgan fingerprint density at radius 1 is 1.38 bits per heavy atom. The molecule has 0 radical (unpaired) electrons. The highest BCUT2D eigenvalue weighted by Gasteiger charge is 2.37. The van der Waals surface area contributed by atoms with Gasteiger partial charge >= 0.3 is 0 Å². The van der Waals surface area contributed by atoms with Crippen LogP contribution in [0, 0.1) is 11.7 Å². The van der Waals surface area contributed by atoms with E-state index in [1.54, 1.807) is 6.07 Å². The minimum absolute atomic E-state index is 0.193. The molecule has 1 aromatic carbocycles. The van der Waals surface area contributed by atoms with Crippen LogP contribution in [0.3, 0.4) is 0 Å². The summed E-state index contributed by atoms with van der Waals surface area (Å²) >= 11 is 3.37. The van der Waals surface area contributed by atoms with E-state index in [0.717, 1.165) is 31.6 Å². The van der Waals surface area contributed by atoms with Gasteiger partial charge < -0.3 is 10.1 Å². The second-order valence-corrected chi connectivity index (χ2v) is 6.53. The Bertz CT molecular complexity index is 450. The Morgan fingerprint density at radius 2 is 2.14 bits per heavy atom. The van der Waals surface area contributed by atoms with Crippen molar-refractivity contribution in [3.05, 3.63) is 34.1 Å².